The molecule has 1 unspecified atom stereocenters. The van der Waals surface area contributed by atoms with Crippen molar-refractivity contribution in [3.05, 3.63) is 12.2 Å². The summed E-state index contributed by atoms with van der Waals surface area (Å²) >= 11 is 0. The number of carbonyl (C=O) groups excluding carboxylic acids is 1. The zero-order valence-corrected chi connectivity index (χ0v) is 48.6. The second-order valence-electron chi connectivity index (χ2n) is 19.0. The Bertz CT molecular complexity index is 988. The van der Waals surface area contributed by atoms with E-state index in [4.69, 9.17) is 0 Å². The highest BCUT2D eigenvalue weighted by Gasteiger charge is 2.23. The van der Waals surface area contributed by atoms with E-state index >= 15 is 0 Å². The molecule has 0 aromatic heterocycles. The van der Waals surface area contributed by atoms with Crippen molar-refractivity contribution in [2.45, 2.75) is 220 Å². The predicted molar refractivity (Wildman–Crippen MR) is 291 cm³/mol. The fourth-order valence-electron chi connectivity index (χ4n) is 2.12. The van der Waals surface area contributed by atoms with Crippen molar-refractivity contribution in [3.8, 4) is 11.8 Å². The fraction of sp³-hybridized carbons (Fsp3) is 0.878. The van der Waals surface area contributed by atoms with Crippen LogP contribution < -0.4 is 5.43 Å². The number of rotatable bonds is 17. The van der Waals surface area contributed by atoms with Crippen molar-refractivity contribution in [1.29, 1.82) is 0 Å². The van der Waals surface area contributed by atoms with Crippen molar-refractivity contribution < 1.29 is 4.79 Å². The standard InChI is InChI=1S/C9H18N2O.C9H20S2.C8H18S2.C8H16.C8H14.C7H16S2/c1-6(2)8(5)10-11-9(12)7(3)4;1-7(2)9(5,6)11-10-8(3)4;1-6(2)8(5)10-9-7(3)4;2*1-7(2)5-6-8(3)4;1-6(2)5-8-9-7(3)4/h6-7H,1-5H3,(H,11,12);7-8H,1-6H3;6-8H,1-5H3;5-8H,1-4H3;7-8H,1-4H3;6-7H,5H2,1-4H3/b10-8+;;;6-5+;;. The Labute approximate surface area is 391 Å². The molecule has 0 radical (unpaired) electrons. The molecule has 0 aliphatic rings. The molecule has 0 aliphatic heterocycles. The van der Waals surface area contributed by atoms with Gasteiger partial charge in [0.2, 0.25) is 5.91 Å². The average Bonchev–Trinajstić information content (AvgIpc) is 3.07. The first-order chi connectivity index (χ1) is 26.2. The first-order valence-corrected chi connectivity index (χ1v) is 29.1. The van der Waals surface area contributed by atoms with Gasteiger partial charge in [-0.3, -0.25) is 4.79 Å². The van der Waals surface area contributed by atoms with Crippen LogP contribution in [0.4, 0.5) is 0 Å². The molecule has 1 N–H and O–H groups in total. The summed E-state index contributed by atoms with van der Waals surface area (Å²) in [6, 6.07) is 0. The van der Waals surface area contributed by atoms with Crippen molar-refractivity contribution in [1.82, 2.24) is 5.43 Å². The quantitative estimate of drug-likeness (QED) is 0.0512. The summed E-state index contributed by atoms with van der Waals surface area (Å²) in [7, 11) is 12.0. The maximum atomic E-state index is 11.1. The molecular formula is C49H102N2OS6. The van der Waals surface area contributed by atoms with E-state index in [0.717, 1.165) is 44.5 Å². The third-order valence-electron chi connectivity index (χ3n) is 7.09. The van der Waals surface area contributed by atoms with Gasteiger partial charge in [-0.2, -0.15) is 5.10 Å². The van der Waals surface area contributed by atoms with Crippen LogP contribution in [-0.2, 0) is 4.79 Å². The molecule has 0 fully saturated rings. The van der Waals surface area contributed by atoms with E-state index in [2.05, 4.69) is 194 Å². The average molecular weight is 928 g/mol. The van der Waals surface area contributed by atoms with E-state index in [-0.39, 0.29) is 11.8 Å². The van der Waals surface area contributed by atoms with E-state index in [1.54, 1.807) is 0 Å². The lowest BCUT2D eigenvalue weighted by Gasteiger charge is -2.28. The summed E-state index contributed by atoms with van der Waals surface area (Å²) in [4.78, 5) is 11.1. The molecule has 0 saturated carbocycles. The molecule has 1 atom stereocenters. The van der Waals surface area contributed by atoms with Gasteiger partial charge in [0.15, 0.2) is 0 Å². The van der Waals surface area contributed by atoms with E-state index in [0.29, 0.717) is 34.3 Å². The molecule has 3 nitrogen and oxygen atoms in total. The second-order valence-corrected chi connectivity index (χ2v) is 28.7. The highest BCUT2D eigenvalue weighted by Crippen LogP contribution is 2.42. The largest absolute Gasteiger partial charge is 0.273 e. The number of nitrogens with one attached hydrogen (secondary N) is 1. The monoisotopic (exact) mass is 927 g/mol. The highest BCUT2D eigenvalue weighted by atomic mass is 33.1. The lowest BCUT2D eigenvalue weighted by atomic mass is 10.00. The van der Waals surface area contributed by atoms with Gasteiger partial charge in [-0.25, -0.2) is 5.43 Å². The molecule has 350 valence electrons. The Balaban J connectivity index is -0.000000141. The highest BCUT2D eigenvalue weighted by molar-refractivity contribution is 8.77. The molecule has 0 aromatic carbocycles. The first-order valence-electron chi connectivity index (χ1n) is 22.2. The minimum atomic E-state index is -0.0324. The maximum absolute atomic E-state index is 11.1. The third-order valence-corrected chi connectivity index (χ3v) is 18.2. The fourth-order valence-corrected chi connectivity index (χ4v) is 9.62. The van der Waals surface area contributed by atoms with Gasteiger partial charge in [-0.1, -0.05) is 250 Å². The summed E-state index contributed by atoms with van der Waals surface area (Å²) in [5, 5.41) is 7.01. The van der Waals surface area contributed by atoms with Gasteiger partial charge in [0.1, 0.15) is 0 Å². The van der Waals surface area contributed by atoms with Crippen LogP contribution in [0, 0.1) is 65.1 Å². The molecule has 0 heterocycles. The minimum Gasteiger partial charge on any atom is -0.273 e. The van der Waals surface area contributed by atoms with Gasteiger partial charge in [-0.05, 0) is 56.3 Å². The predicted octanol–water partition coefficient (Wildman–Crippen LogP) is 18.4. The number of carbonyl (C=O) groups is 1. The molecular weight excluding hydrogens is 825 g/mol. The van der Waals surface area contributed by atoms with Crippen LogP contribution in [0.25, 0.3) is 0 Å². The Morgan fingerprint density at radius 3 is 1.24 bits per heavy atom. The zero-order chi connectivity index (χ0) is 47.4. The minimum absolute atomic E-state index is 0.00582. The summed E-state index contributed by atoms with van der Waals surface area (Å²) in [6.07, 6.45) is 4.48. The molecule has 0 aromatic rings. The smallest absolute Gasteiger partial charge is 0.242 e. The van der Waals surface area contributed by atoms with Gasteiger partial charge in [0, 0.05) is 55.0 Å². The molecule has 58 heavy (non-hydrogen) atoms. The first kappa shape index (κ1) is 70.2. The Hall–Kier alpha value is 0.540. The lowest BCUT2D eigenvalue weighted by Crippen LogP contribution is -2.24. The Kier molecular flexibility index (Phi) is 53.5. The van der Waals surface area contributed by atoms with Crippen molar-refractivity contribution in [3.63, 3.8) is 0 Å². The molecule has 0 spiro atoms. The van der Waals surface area contributed by atoms with Crippen LogP contribution in [0.1, 0.15) is 194 Å². The van der Waals surface area contributed by atoms with Crippen molar-refractivity contribution >= 4 is 76.4 Å². The van der Waals surface area contributed by atoms with E-state index < -0.39 is 0 Å². The molecule has 1 amide bonds. The number of hydrogen-bond donors (Lipinski definition) is 1. The Morgan fingerprint density at radius 1 is 0.586 bits per heavy atom. The van der Waals surface area contributed by atoms with E-state index in [1.165, 1.54) is 5.75 Å². The topological polar surface area (TPSA) is 41.5 Å². The van der Waals surface area contributed by atoms with Crippen LogP contribution in [0.2, 0.25) is 0 Å². The SMILES string of the molecule is C/C(=N\NC(=O)C(C)C)C(C)C.CC(C)/C=C/C(C)C.CC(C)C#CC(C)C.CC(C)CSSC(C)C.CC(C)SSC(C)(C)C(C)C.CC(C)SSC(C)C(C)C. The lowest BCUT2D eigenvalue weighted by molar-refractivity contribution is -0.123. The van der Waals surface area contributed by atoms with Crippen molar-refractivity contribution in [2.75, 3.05) is 5.75 Å². The Morgan fingerprint density at radius 2 is 0.983 bits per heavy atom. The van der Waals surface area contributed by atoms with Crippen molar-refractivity contribution in [2.24, 2.45) is 58.4 Å². The van der Waals surface area contributed by atoms with E-state index in [1.807, 2.05) is 99.4 Å². The van der Waals surface area contributed by atoms with Crippen LogP contribution in [0.3, 0.4) is 0 Å². The maximum Gasteiger partial charge on any atom is 0.242 e. The molecule has 9 heteroatoms. The van der Waals surface area contributed by atoms with Crippen LogP contribution in [0.15, 0.2) is 17.3 Å². The normalized spacial score (nSPS) is 12.3. The summed E-state index contributed by atoms with van der Waals surface area (Å²) in [5.41, 5.74) is 3.46. The zero-order valence-electron chi connectivity index (χ0n) is 43.7. The number of amides is 1. The molecule has 0 aliphatic carbocycles. The second kappa shape index (κ2) is 44.2. The molecule has 0 saturated heterocycles. The van der Waals surface area contributed by atoms with Gasteiger partial charge >= 0.3 is 0 Å². The van der Waals surface area contributed by atoms with Gasteiger partial charge in [0.05, 0.1) is 0 Å². The molecule has 0 bridgehead atoms. The summed E-state index contributed by atoms with van der Waals surface area (Å²) < 4.78 is 0.412. The van der Waals surface area contributed by atoms with Crippen LogP contribution in [0.5, 0.6) is 0 Å². The van der Waals surface area contributed by atoms with E-state index in [9.17, 15) is 4.79 Å². The van der Waals surface area contributed by atoms with Gasteiger partial charge in [0.25, 0.3) is 0 Å². The number of nitrogens with zero attached hydrogens (tertiary/aromatic N) is 1. The third kappa shape index (κ3) is 68.3. The van der Waals surface area contributed by atoms with Crippen LogP contribution in [-0.4, -0.2) is 43.1 Å². The van der Waals surface area contributed by atoms with Gasteiger partial charge in [-0.15, -0.1) is 11.8 Å². The van der Waals surface area contributed by atoms with Gasteiger partial charge < -0.3 is 0 Å². The molecule has 0 rings (SSSR count). The van der Waals surface area contributed by atoms with Crippen LogP contribution >= 0.6 is 64.8 Å². The number of hydrogen-bond acceptors (Lipinski definition) is 8. The summed E-state index contributed by atoms with van der Waals surface area (Å²) in [5.74, 6) is 12.7. The summed E-state index contributed by atoms with van der Waals surface area (Å²) in [6.45, 7) is 60.9. The number of allylic oxidation sites excluding steroid dienone is 2. The number of hydrazone groups is 1.